The predicted molar refractivity (Wildman–Crippen MR) is 49.8 cm³/mol. The molecule has 0 spiro atoms. The van der Waals surface area contributed by atoms with E-state index in [0.717, 1.165) is 6.61 Å². The number of ether oxygens (including phenoxy) is 1. The minimum atomic E-state index is 0.486. The zero-order chi connectivity index (χ0) is 8.69. The molecule has 0 bridgehead atoms. The molecule has 0 aromatic rings. The Morgan fingerprint density at radius 2 is 1.82 bits per heavy atom. The highest BCUT2D eigenvalue weighted by atomic mass is 16.5. The maximum atomic E-state index is 5.61. The van der Waals surface area contributed by atoms with Gasteiger partial charge in [0.25, 0.3) is 0 Å². The minimum absolute atomic E-state index is 0.486. The predicted octanol–water partition coefficient (Wildman–Crippen LogP) is 3.24. The van der Waals surface area contributed by atoms with Gasteiger partial charge < -0.3 is 4.74 Å². The summed E-state index contributed by atoms with van der Waals surface area (Å²) >= 11 is 0. The van der Waals surface area contributed by atoms with E-state index in [-0.39, 0.29) is 0 Å². The van der Waals surface area contributed by atoms with Crippen LogP contribution in [-0.4, -0.2) is 12.7 Å². The van der Waals surface area contributed by atoms with Crippen LogP contribution < -0.4 is 0 Å². The topological polar surface area (TPSA) is 9.23 Å². The zero-order valence-corrected chi connectivity index (χ0v) is 8.39. The molecule has 1 atom stereocenters. The molecule has 0 unspecified atom stereocenters. The molecule has 0 aliphatic rings. The molecule has 68 valence electrons. The Labute approximate surface area is 71.1 Å². The first-order valence-electron chi connectivity index (χ1n) is 4.83. The van der Waals surface area contributed by atoms with Gasteiger partial charge in [-0.05, 0) is 19.3 Å². The molecule has 0 heterocycles. The van der Waals surface area contributed by atoms with Crippen LogP contribution in [0.25, 0.3) is 0 Å². The van der Waals surface area contributed by atoms with Crippen LogP contribution in [0.15, 0.2) is 0 Å². The molecule has 11 heavy (non-hydrogen) atoms. The second-order valence-corrected chi connectivity index (χ2v) is 3.38. The maximum absolute atomic E-state index is 5.61. The SMILES string of the molecule is CCCC[C@H](OCC)C(C)C. The van der Waals surface area contributed by atoms with Gasteiger partial charge in [-0.25, -0.2) is 0 Å². The highest BCUT2D eigenvalue weighted by molar-refractivity contribution is 4.61. The van der Waals surface area contributed by atoms with Crippen LogP contribution in [0.1, 0.15) is 47.0 Å². The lowest BCUT2D eigenvalue weighted by molar-refractivity contribution is 0.0234. The van der Waals surface area contributed by atoms with Gasteiger partial charge in [0.2, 0.25) is 0 Å². The molecule has 1 heteroatoms. The van der Waals surface area contributed by atoms with Crippen LogP contribution in [0.5, 0.6) is 0 Å². The van der Waals surface area contributed by atoms with Crippen LogP contribution >= 0.6 is 0 Å². The van der Waals surface area contributed by atoms with E-state index in [1.165, 1.54) is 19.3 Å². The van der Waals surface area contributed by atoms with E-state index < -0.39 is 0 Å². The highest BCUT2D eigenvalue weighted by Crippen LogP contribution is 2.13. The van der Waals surface area contributed by atoms with Crippen molar-refractivity contribution in [2.24, 2.45) is 5.92 Å². The molecule has 0 aliphatic heterocycles. The van der Waals surface area contributed by atoms with Crippen LogP contribution in [-0.2, 0) is 4.74 Å². The Kier molecular flexibility index (Phi) is 6.63. The third kappa shape index (κ3) is 5.25. The summed E-state index contributed by atoms with van der Waals surface area (Å²) in [7, 11) is 0. The van der Waals surface area contributed by atoms with Gasteiger partial charge in [-0.2, -0.15) is 0 Å². The second kappa shape index (κ2) is 6.66. The van der Waals surface area contributed by atoms with E-state index in [2.05, 4.69) is 27.7 Å². The van der Waals surface area contributed by atoms with Crippen molar-refractivity contribution < 1.29 is 4.74 Å². The van der Waals surface area contributed by atoms with E-state index in [1.54, 1.807) is 0 Å². The minimum Gasteiger partial charge on any atom is -0.378 e. The van der Waals surface area contributed by atoms with Crippen molar-refractivity contribution in [3.8, 4) is 0 Å². The number of rotatable bonds is 6. The van der Waals surface area contributed by atoms with E-state index in [1.807, 2.05) is 0 Å². The van der Waals surface area contributed by atoms with Gasteiger partial charge in [0.15, 0.2) is 0 Å². The molecule has 1 nitrogen and oxygen atoms in total. The largest absolute Gasteiger partial charge is 0.378 e. The fourth-order valence-corrected chi connectivity index (χ4v) is 1.23. The summed E-state index contributed by atoms with van der Waals surface area (Å²) in [6.45, 7) is 9.61. The van der Waals surface area contributed by atoms with E-state index >= 15 is 0 Å². The van der Waals surface area contributed by atoms with Gasteiger partial charge in [0.05, 0.1) is 6.10 Å². The molecule has 0 amide bonds. The molecule has 0 saturated heterocycles. The monoisotopic (exact) mass is 158 g/mol. The summed E-state index contributed by atoms with van der Waals surface area (Å²) in [6, 6.07) is 0. The van der Waals surface area contributed by atoms with Crippen molar-refractivity contribution >= 4 is 0 Å². The quantitative estimate of drug-likeness (QED) is 0.576. The van der Waals surface area contributed by atoms with E-state index in [0.29, 0.717) is 12.0 Å². The Morgan fingerprint density at radius 3 is 2.18 bits per heavy atom. The fraction of sp³-hybridized carbons (Fsp3) is 1.00. The van der Waals surface area contributed by atoms with Crippen molar-refractivity contribution in [2.45, 2.75) is 53.1 Å². The molecule has 0 aromatic carbocycles. The van der Waals surface area contributed by atoms with Gasteiger partial charge in [-0.3, -0.25) is 0 Å². The van der Waals surface area contributed by atoms with E-state index in [4.69, 9.17) is 4.74 Å². The van der Waals surface area contributed by atoms with Crippen molar-refractivity contribution in [1.82, 2.24) is 0 Å². The molecule has 0 fully saturated rings. The summed E-state index contributed by atoms with van der Waals surface area (Å²) in [4.78, 5) is 0. The van der Waals surface area contributed by atoms with Gasteiger partial charge in [-0.15, -0.1) is 0 Å². The Bertz CT molecular complexity index is 78.9. The van der Waals surface area contributed by atoms with Gasteiger partial charge in [0, 0.05) is 6.61 Å². The van der Waals surface area contributed by atoms with Crippen LogP contribution in [0, 0.1) is 5.92 Å². The molecule has 0 saturated carbocycles. The Hall–Kier alpha value is -0.0400. The lowest BCUT2D eigenvalue weighted by atomic mass is 10.0. The summed E-state index contributed by atoms with van der Waals surface area (Å²) in [6.07, 6.45) is 4.28. The summed E-state index contributed by atoms with van der Waals surface area (Å²) in [5.41, 5.74) is 0. The average molecular weight is 158 g/mol. The van der Waals surface area contributed by atoms with Crippen LogP contribution in [0.2, 0.25) is 0 Å². The lowest BCUT2D eigenvalue weighted by Crippen LogP contribution is -2.19. The molecule has 0 rings (SSSR count). The average Bonchev–Trinajstić information content (AvgIpc) is 1.97. The van der Waals surface area contributed by atoms with Crippen molar-refractivity contribution in [1.29, 1.82) is 0 Å². The summed E-state index contributed by atoms with van der Waals surface area (Å²) in [5, 5.41) is 0. The molecular formula is C10H22O. The third-order valence-corrected chi connectivity index (χ3v) is 1.97. The standard InChI is InChI=1S/C10H22O/c1-5-7-8-10(9(3)4)11-6-2/h9-10H,5-8H2,1-4H3/t10-/m0/s1. The van der Waals surface area contributed by atoms with Crippen molar-refractivity contribution in [3.63, 3.8) is 0 Å². The molecule has 0 radical (unpaired) electrons. The smallest absolute Gasteiger partial charge is 0.0597 e. The molecular weight excluding hydrogens is 136 g/mol. The number of hydrogen-bond acceptors (Lipinski definition) is 1. The van der Waals surface area contributed by atoms with E-state index in [9.17, 15) is 0 Å². The lowest BCUT2D eigenvalue weighted by Gasteiger charge is -2.20. The van der Waals surface area contributed by atoms with Gasteiger partial charge in [0.1, 0.15) is 0 Å². The van der Waals surface area contributed by atoms with Crippen molar-refractivity contribution in [3.05, 3.63) is 0 Å². The summed E-state index contributed by atoms with van der Waals surface area (Å²) in [5.74, 6) is 0.668. The number of unbranched alkanes of at least 4 members (excludes halogenated alkanes) is 1. The Balaban J connectivity index is 3.51. The van der Waals surface area contributed by atoms with Crippen LogP contribution in [0.3, 0.4) is 0 Å². The van der Waals surface area contributed by atoms with Gasteiger partial charge in [-0.1, -0.05) is 33.6 Å². The second-order valence-electron chi connectivity index (χ2n) is 3.38. The molecule has 0 N–H and O–H groups in total. The first-order valence-corrected chi connectivity index (χ1v) is 4.83. The zero-order valence-electron chi connectivity index (χ0n) is 8.39. The third-order valence-electron chi connectivity index (χ3n) is 1.97. The first kappa shape index (κ1) is 11.0. The van der Waals surface area contributed by atoms with Gasteiger partial charge >= 0.3 is 0 Å². The fourth-order valence-electron chi connectivity index (χ4n) is 1.23. The number of hydrogen-bond donors (Lipinski definition) is 0. The highest BCUT2D eigenvalue weighted by Gasteiger charge is 2.11. The normalized spacial score (nSPS) is 13.9. The maximum Gasteiger partial charge on any atom is 0.0597 e. The molecule has 0 aromatic heterocycles. The van der Waals surface area contributed by atoms with Crippen LogP contribution in [0.4, 0.5) is 0 Å². The molecule has 0 aliphatic carbocycles. The first-order chi connectivity index (χ1) is 5.22. The van der Waals surface area contributed by atoms with Crippen molar-refractivity contribution in [2.75, 3.05) is 6.61 Å². The Morgan fingerprint density at radius 1 is 1.18 bits per heavy atom. The summed E-state index contributed by atoms with van der Waals surface area (Å²) < 4.78 is 5.61.